The number of aliphatic hydroxyl groups excluding tert-OH is 2. The molecule has 1 fully saturated rings. The van der Waals surface area contributed by atoms with Gasteiger partial charge in [-0.25, -0.2) is 0 Å². The fraction of sp³-hybridized carbons (Fsp3) is 0.611. The van der Waals surface area contributed by atoms with Crippen LogP contribution in [-0.4, -0.2) is 51.9 Å². The smallest absolute Gasteiger partial charge is 0.253 e. The lowest BCUT2D eigenvalue weighted by Gasteiger charge is -2.35. The first-order valence-corrected chi connectivity index (χ1v) is 8.99. The van der Waals surface area contributed by atoms with Gasteiger partial charge in [-0.1, -0.05) is 25.4 Å². The fourth-order valence-corrected chi connectivity index (χ4v) is 3.71. The van der Waals surface area contributed by atoms with Crippen molar-refractivity contribution < 1.29 is 20.1 Å². The first-order chi connectivity index (χ1) is 11.8. The van der Waals surface area contributed by atoms with Crippen LogP contribution in [-0.2, 0) is 4.79 Å². The molecule has 1 aliphatic rings. The van der Waals surface area contributed by atoms with Crippen LogP contribution in [0.3, 0.4) is 0 Å². The molecule has 0 saturated carbocycles. The maximum absolute atomic E-state index is 11.9. The summed E-state index contributed by atoms with van der Waals surface area (Å²) in [5.41, 5.74) is 7.86. The van der Waals surface area contributed by atoms with Crippen molar-refractivity contribution in [1.82, 2.24) is 4.90 Å². The summed E-state index contributed by atoms with van der Waals surface area (Å²) in [6.07, 6.45) is -0.0427. The molecule has 0 aliphatic carbocycles. The van der Waals surface area contributed by atoms with E-state index in [1.807, 2.05) is 13.8 Å². The van der Waals surface area contributed by atoms with E-state index in [4.69, 9.17) is 22.4 Å². The number of amides is 1. The van der Waals surface area contributed by atoms with Gasteiger partial charge < -0.3 is 26.0 Å². The minimum atomic E-state index is -1.36. The zero-order valence-electron chi connectivity index (χ0n) is 14.7. The van der Waals surface area contributed by atoms with Gasteiger partial charge in [0.05, 0.1) is 6.61 Å². The molecule has 1 heterocycles. The van der Waals surface area contributed by atoms with Gasteiger partial charge in [0.15, 0.2) is 6.10 Å². The van der Waals surface area contributed by atoms with Gasteiger partial charge in [0, 0.05) is 29.7 Å². The molecular formula is C18H27ClN2O4. The molecule has 1 aromatic carbocycles. The van der Waals surface area contributed by atoms with Crippen LogP contribution in [0.4, 0.5) is 0 Å². The number of aliphatic hydroxyl groups is 2. The van der Waals surface area contributed by atoms with Gasteiger partial charge in [0.25, 0.3) is 5.91 Å². The Kier molecular flexibility index (Phi) is 6.68. The second-order valence-corrected chi connectivity index (χ2v) is 7.38. The van der Waals surface area contributed by atoms with Crippen molar-refractivity contribution >= 4 is 17.5 Å². The zero-order chi connectivity index (χ0) is 18.7. The molecular weight excluding hydrogens is 344 g/mol. The largest absolute Gasteiger partial charge is 0.508 e. The summed E-state index contributed by atoms with van der Waals surface area (Å²) in [6, 6.07) is 3.04. The lowest BCUT2D eigenvalue weighted by Crippen LogP contribution is -2.46. The predicted octanol–water partition coefficient (Wildman–Crippen LogP) is 1.76. The Balaban J connectivity index is 2.07. The lowest BCUT2D eigenvalue weighted by atomic mass is 9.84. The normalized spacial score (nSPS) is 18.4. The van der Waals surface area contributed by atoms with E-state index in [1.54, 1.807) is 17.0 Å². The van der Waals surface area contributed by atoms with Crippen LogP contribution in [0, 0.1) is 5.92 Å². The molecule has 0 radical (unpaired) electrons. The van der Waals surface area contributed by atoms with Crippen molar-refractivity contribution in [2.75, 3.05) is 19.7 Å². The van der Waals surface area contributed by atoms with Crippen molar-refractivity contribution in [3.63, 3.8) is 0 Å². The van der Waals surface area contributed by atoms with Gasteiger partial charge in [-0.15, -0.1) is 0 Å². The first-order valence-electron chi connectivity index (χ1n) is 8.61. The number of piperidine rings is 1. The zero-order valence-corrected chi connectivity index (χ0v) is 15.4. The number of likely N-dealkylation sites (tertiary alicyclic amines) is 1. The number of hydrogen-bond acceptors (Lipinski definition) is 5. The molecule has 7 heteroatoms. The van der Waals surface area contributed by atoms with Gasteiger partial charge in [0.2, 0.25) is 0 Å². The summed E-state index contributed by atoms with van der Waals surface area (Å²) in [7, 11) is 0. The van der Waals surface area contributed by atoms with E-state index < -0.39 is 18.6 Å². The number of carbonyl (C=O) groups is 1. The van der Waals surface area contributed by atoms with E-state index in [-0.39, 0.29) is 23.6 Å². The van der Waals surface area contributed by atoms with E-state index in [2.05, 4.69) is 0 Å². The third-order valence-corrected chi connectivity index (χ3v) is 5.27. The number of phenols is 1. The van der Waals surface area contributed by atoms with Crippen molar-refractivity contribution in [2.45, 2.75) is 44.8 Å². The van der Waals surface area contributed by atoms with Crippen LogP contribution < -0.4 is 5.73 Å². The fourth-order valence-electron chi connectivity index (χ4n) is 3.32. The number of nitrogens with two attached hydrogens (primary N) is 1. The average Bonchev–Trinajstić information content (AvgIpc) is 2.61. The molecule has 6 nitrogen and oxygen atoms in total. The Morgan fingerprint density at radius 1 is 1.32 bits per heavy atom. The Morgan fingerprint density at radius 2 is 1.92 bits per heavy atom. The highest BCUT2D eigenvalue weighted by Gasteiger charge is 2.31. The molecule has 1 aliphatic heterocycles. The molecule has 1 saturated heterocycles. The molecule has 140 valence electrons. The number of aromatic hydroxyl groups is 1. The number of benzene rings is 1. The minimum Gasteiger partial charge on any atom is -0.508 e. The molecule has 0 unspecified atom stereocenters. The van der Waals surface area contributed by atoms with Crippen molar-refractivity contribution in [1.29, 1.82) is 0 Å². The van der Waals surface area contributed by atoms with Crippen molar-refractivity contribution in [3.8, 4) is 5.75 Å². The Morgan fingerprint density at radius 3 is 2.44 bits per heavy atom. The van der Waals surface area contributed by atoms with Crippen LogP contribution in [0.15, 0.2) is 12.1 Å². The number of hydrogen-bond donors (Lipinski definition) is 4. The van der Waals surface area contributed by atoms with Crippen LogP contribution >= 0.6 is 11.6 Å². The molecule has 0 bridgehead atoms. The van der Waals surface area contributed by atoms with Gasteiger partial charge >= 0.3 is 0 Å². The third kappa shape index (κ3) is 4.44. The van der Waals surface area contributed by atoms with Gasteiger partial charge in [-0.2, -0.15) is 0 Å². The van der Waals surface area contributed by atoms with Crippen LogP contribution in [0.2, 0.25) is 5.02 Å². The summed E-state index contributed by atoms with van der Waals surface area (Å²) in [6.45, 7) is 4.37. The van der Waals surface area contributed by atoms with E-state index in [1.165, 1.54) is 0 Å². The second-order valence-electron chi connectivity index (χ2n) is 6.97. The molecule has 25 heavy (non-hydrogen) atoms. The van der Waals surface area contributed by atoms with Gasteiger partial charge in [-0.3, -0.25) is 4.79 Å². The summed E-state index contributed by atoms with van der Waals surface area (Å²) < 4.78 is 0. The van der Waals surface area contributed by atoms with Crippen LogP contribution in [0.1, 0.15) is 49.8 Å². The Labute approximate surface area is 153 Å². The SMILES string of the molecule is CC(C)c1cc(O)c([C@H](N)C2CCN(C(=O)[C@H](O)CO)CC2)cc1Cl. The molecule has 1 aromatic rings. The van der Waals surface area contributed by atoms with Gasteiger partial charge in [0.1, 0.15) is 5.75 Å². The number of carbonyl (C=O) groups excluding carboxylic acids is 1. The topological polar surface area (TPSA) is 107 Å². The van der Waals surface area contributed by atoms with E-state index >= 15 is 0 Å². The predicted molar refractivity (Wildman–Crippen MR) is 96.5 cm³/mol. The van der Waals surface area contributed by atoms with Crippen molar-refractivity contribution in [2.24, 2.45) is 11.7 Å². The summed E-state index contributed by atoms with van der Waals surface area (Å²) in [5.74, 6) is -0.00503. The summed E-state index contributed by atoms with van der Waals surface area (Å²) in [5, 5.41) is 29.3. The highest BCUT2D eigenvalue weighted by molar-refractivity contribution is 6.31. The first kappa shape index (κ1) is 20.0. The maximum Gasteiger partial charge on any atom is 0.253 e. The highest BCUT2D eigenvalue weighted by atomic mass is 35.5. The molecule has 1 amide bonds. The van der Waals surface area contributed by atoms with Crippen LogP contribution in [0.5, 0.6) is 5.75 Å². The summed E-state index contributed by atoms with van der Waals surface area (Å²) >= 11 is 6.32. The van der Waals surface area contributed by atoms with Gasteiger partial charge in [-0.05, 0) is 42.4 Å². The highest BCUT2D eigenvalue weighted by Crippen LogP contribution is 2.38. The quantitative estimate of drug-likeness (QED) is 0.631. The monoisotopic (exact) mass is 370 g/mol. The van der Waals surface area contributed by atoms with E-state index in [0.717, 1.165) is 5.56 Å². The number of halogens is 1. The number of rotatable bonds is 5. The second kappa shape index (κ2) is 8.36. The Bertz CT molecular complexity index is 615. The average molecular weight is 371 g/mol. The molecule has 0 aromatic heterocycles. The standard InChI is InChI=1S/C18H27ClN2O4/c1-10(2)12-8-15(23)13(7-14(12)19)17(20)11-3-5-21(6-4-11)18(25)16(24)9-22/h7-8,10-11,16-17,22-24H,3-6,9,20H2,1-2H3/t16-,17-/m1/s1. The third-order valence-electron chi connectivity index (χ3n) is 4.94. The minimum absolute atomic E-state index is 0.0992. The lowest BCUT2D eigenvalue weighted by molar-refractivity contribution is -0.143. The van der Waals surface area contributed by atoms with E-state index in [0.29, 0.717) is 36.5 Å². The Hall–Kier alpha value is -1.34. The molecule has 2 rings (SSSR count). The van der Waals surface area contributed by atoms with E-state index in [9.17, 15) is 15.0 Å². The van der Waals surface area contributed by atoms with Crippen molar-refractivity contribution in [3.05, 3.63) is 28.3 Å². The summed E-state index contributed by atoms with van der Waals surface area (Å²) in [4.78, 5) is 13.4. The maximum atomic E-state index is 11.9. The molecule has 2 atom stereocenters. The number of phenolic OH excluding ortho intramolecular Hbond substituents is 1. The molecule has 5 N–H and O–H groups in total. The molecule has 0 spiro atoms. The van der Waals surface area contributed by atoms with Crippen LogP contribution in [0.25, 0.3) is 0 Å². The number of nitrogens with zero attached hydrogens (tertiary/aromatic N) is 1.